The van der Waals surface area contributed by atoms with Gasteiger partial charge in [0.2, 0.25) is 0 Å². The van der Waals surface area contributed by atoms with E-state index in [2.05, 4.69) is 26.9 Å². The van der Waals surface area contributed by atoms with E-state index in [0.29, 0.717) is 40.9 Å². The number of carboxylic acid groups (broad SMARTS) is 1. The van der Waals surface area contributed by atoms with E-state index in [9.17, 15) is 13.6 Å². The van der Waals surface area contributed by atoms with Gasteiger partial charge in [0.1, 0.15) is 11.4 Å². The van der Waals surface area contributed by atoms with E-state index in [4.69, 9.17) is 9.90 Å². The number of carbonyl (C=O) groups is 2. The molecular weight excluding hydrogens is 360 g/mol. The van der Waals surface area contributed by atoms with Crippen molar-refractivity contribution >= 4 is 23.2 Å². The zero-order chi connectivity index (χ0) is 19.6. The fourth-order valence-electron chi connectivity index (χ4n) is 4.25. The molecule has 2 fully saturated rings. The summed E-state index contributed by atoms with van der Waals surface area (Å²) in [4.78, 5) is 23.4. The highest BCUT2D eigenvalue weighted by Gasteiger charge is 2.43. The summed E-state index contributed by atoms with van der Waals surface area (Å²) in [7, 11) is 2.14. The molecule has 1 saturated heterocycles. The fourth-order valence-corrected chi connectivity index (χ4v) is 4.25. The Labute approximate surface area is 154 Å². The molecule has 0 spiro atoms. The number of rotatable bonds is 5. The molecule has 7 nitrogen and oxygen atoms in total. The second-order valence-corrected chi connectivity index (χ2v) is 6.98. The summed E-state index contributed by atoms with van der Waals surface area (Å²) in [5.41, 5.74) is 0.925. The molecule has 0 amide bonds. The molecule has 1 aliphatic carbocycles. The first-order valence-corrected chi connectivity index (χ1v) is 8.67. The molecule has 1 aromatic carbocycles. The summed E-state index contributed by atoms with van der Waals surface area (Å²) >= 11 is 0. The minimum atomic E-state index is -2.87. The van der Waals surface area contributed by atoms with Crippen molar-refractivity contribution in [3.05, 3.63) is 23.9 Å². The van der Waals surface area contributed by atoms with Gasteiger partial charge in [-0.15, -0.1) is 0 Å². The lowest BCUT2D eigenvalue weighted by Gasteiger charge is -2.27. The van der Waals surface area contributed by atoms with E-state index in [1.54, 1.807) is 6.07 Å². The van der Waals surface area contributed by atoms with E-state index in [1.807, 2.05) is 0 Å². The SMILES string of the molecule is CN1CC2CC1CC2CC(=O)c1n[nH]c2cc(OC(F)F)ccc12.O=CO. The second-order valence-electron chi connectivity index (χ2n) is 6.98. The van der Waals surface area contributed by atoms with E-state index < -0.39 is 6.61 Å². The van der Waals surface area contributed by atoms with Crippen LogP contribution in [0.4, 0.5) is 8.78 Å². The normalized spacial score (nSPS) is 24.1. The average Bonchev–Trinajstić information content (AvgIpc) is 3.28. The summed E-state index contributed by atoms with van der Waals surface area (Å²) in [6.07, 6.45) is 2.76. The highest BCUT2D eigenvalue weighted by molar-refractivity contribution is 6.06. The van der Waals surface area contributed by atoms with Crippen LogP contribution in [0.5, 0.6) is 5.75 Å². The number of alkyl halides is 2. The fraction of sp³-hybridized carbons (Fsp3) is 0.500. The number of piperidine rings is 1. The number of fused-ring (bicyclic) bond motifs is 3. The van der Waals surface area contributed by atoms with Gasteiger partial charge in [0, 0.05) is 30.5 Å². The van der Waals surface area contributed by atoms with Gasteiger partial charge in [-0.05, 0) is 43.9 Å². The molecule has 27 heavy (non-hydrogen) atoms. The van der Waals surface area contributed by atoms with E-state index in [1.165, 1.54) is 18.6 Å². The number of likely N-dealkylation sites (tertiary alicyclic amines) is 1. The number of aromatic amines is 1. The van der Waals surface area contributed by atoms with Crippen LogP contribution in [0.2, 0.25) is 0 Å². The number of hydrogen-bond acceptors (Lipinski definition) is 5. The predicted octanol–water partition coefficient (Wildman–Crippen LogP) is 2.78. The summed E-state index contributed by atoms with van der Waals surface area (Å²) in [6, 6.07) is 5.10. The molecule has 9 heteroatoms. The lowest BCUT2D eigenvalue weighted by atomic mass is 9.89. The smallest absolute Gasteiger partial charge is 0.387 e. The first-order chi connectivity index (χ1) is 12.9. The molecule has 0 radical (unpaired) electrons. The molecule has 146 valence electrons. The first-order valence-electron chi connectivity index (χ1n) is 8.67. The molecule has 2 N–H and O–H groups in total. The minimum absolute atomic E-state index is 0.0176. The highest BCUT2D eigenvalue weighted by atomic mass is 19.3. The Balaban J connectivity index is 0.000000659. The molecule has 1 saturated carbocycles. The number of ketones is 1. The molecule has 1 aromatic heterocycles. The maximum Gasteiger partial charge on any atom is 0.387 e. The van der Waals surface area contributed by atoms with Crippen LogP contribution in [0.3, 0.4) is 0 Å². The maximum absolute atomic E-state index is 12.6. The molecule has 2 bridgehead atoms. The standard InChI is InChI=1S/C17H19F2N3O2.CH2O2/c1-22-8-10-5-11(22)4-9(10)6-15(23)16-13-3-2-12(24-17(18)19)7-14(13)20-21-16;2-1-3/h2-3,7,9-11,17H,4-6,8H2,1H3,(H,20,21);1H,(H,2,3). The number of ether oxygens (including phenoxy) is 1. The van der Waals surface area contributed by atoms with E-state index in [0.717, 1.165) is 13.0 Å². The van der Waals surface area contributed by atoms with E-state index in [-0.39, 0.29) is 18.0 Å². The highest BCUT2D eigenvalue weighted by Crippen LogP contribution is 2.43. The number of carbonyl (C=O) groups excluding carboxylic acids is 1. The number of Topliss-reactive ketones (excluding diaryl/α,β-unsaturated/α-hetero) is 1. The third kappa shape index (κ3) is 4.08. The van der Waals surface area contributed by atoms with Gasteiger partial charge in [0.05, 0.1) is 5.52 Å². The Kier molecular flexibility index (Phi) is 5.69. The van der Waals surface area contributed by atoms with Crippen LogP contribution in [-0.2, 0) is 4.79 Å². The number of nitrogens with one attached hydrogen (secondary N) is 1. The average molecular weight is 381 g/mol. The van der Waals surface area contributed by atoms with Gasteiger partial charge < -0.3 is 14.7 Å². The van der Waals surface area contributed by atoms with Crippen molar-refractivity contribution in [1.82, 2.24) is 15.1 Å². The van der Waals surface area contributed by atoms with Gasteiger partial charge in [0.15, 0.2) is 5.78 Å². The first kappa shape index (κ1) is 19.2. The Morgan fingerprint density at radius 3 is 2.81 bits per heavy atom. The van der Waals surface area contributed by atoms with Gasteiger partial charge in [-0.1, -0.05) is 0 Å². The van der Waals surface area contributed by atoms with Crippen molar-refractivity contribution in [2.75, 3.05) is 13.6 Å². The van der Waals surface area contributed by atoms with Gasteiger partial charge in [-0.2, -0.15) is 13.9 Å². The van der Waals surface area contributed by atoms with Gasteiger partial charge in [-0.25, -0.2) is 0 Å². The van der Waals surface area contributed by atoms with Crippen LogP contribution in [0, 0.1) is 11.8 Å². The Hall–Kier alpha value is -2.55. The lowest BCUT2D eigenvalue weighted by molar-refractivity contribution is -0.122. The zero-order valence-electron chi connectivity index (χ0n) is 14.8. The van der Waals surface area contributed by atoms with Crippen molar-refractivity contribution in [3.8, 4) is 5.75 Å². The van der Waals surface area contributed by atoms with Gasteiger partial charge in [0.25, 0.3) is 6.47 Å². The summed E-state index contributed by atoms with van der Waals surface area (Å²) < 4.78 is 28.9. The number of hydrogen-bond donors (Lipinski definition) is 2. The Morgan fingerprint density at radius 1 is 1.48 bits per heavy atom. The van der Waals surface area contributed by atoms with Crippen LogP contribution in [-0.4, -0.2) is 58.7 Å². The largest absolute Gasteiger partial charge is 0.483 e. The van der Waals surface area contributed by atoms with Crippen LogP contribution in [0.15, 0.2) is 18.2 Å². The number of benzene rings is 1. The molecule has 1 aliphatic heterocycles. The van der Waals surface area contributed by atoms with Crippen molar-refractivity contribution in [2.45, 2.75) is 31.9 Å². The van der Waals surface area contributed by atoms with Crippen molar-refractivity contribution in [3.63, 3.8) is 0 Å². The summed E-state index contributed by atoms with van der Waals surface area (Å²) in [6.45, 7) is -2.06. The number of aromatic nitrogens is 2. The van der Waals surface area contributed by atoms with E-state index >= 15 is 0 Å². The van der Waals surface area contributed by atoms with Crippen LogP contribution >= 0.6 is 0 Å². The monoisotopic (exact) mass is 381 g/mol. The molecule has 2 heterocycles. The number of H-pyrrole nitrogens is 1. The van der Waals surface area contributed by atoms with Crippen LogP contribution in [0.1, 0.15) is 29.8 Å². The Bertz CT molecular complexity index is 824. The third-order valence-electron chi connectivity index (χ3n) is 5.43. The van der Waals surface area contributed by atoms with Crippen molar-refractivity contribution < 1.29 is 28.2 Å². The number of nitrogens with zero attached hydrogens (tertiary/aromatic N) is 2. The zero-order valence-corrected chi connectivity index (χ0v) is 14.8. The second kappa shape index (κ2) is 7.99. The molecule has 4 rings (SSSR count). The van der Waals surface area contributed by atoms with Gasteiger partial charge in [-0.3, -0.25) is 14.7 Å². The lowest BCUT2D eigenvalue weighted by Crippen LogP contribution is -2.32. The third-order valence-corrected chi connectivity index (χ3v) is 5.43. The van der Waals surface area contributed by atoms with Crippen LogP contribution < -0.4 is 4.74 Å². The topological polar surface area (TPSA) is 95.5 Å². The van der Waals surface area contributed by atoms with Crippen molar-refractivity contribution in [2.24, 2.45) is 11.8 Å². The summed E-state index contributed by atoms with van der Waals surface area (Å²) in [5.74, 6) is 1.09. The molecule has 3 unspecified atom stereocenters. The Morgan fingerprint density at radius 2 is 2.22 bits per heavy atom. The van der Waals surface area contributed by atoms with Crippen molar-refractivity contribution in [1.29, 1.82) is 0 Å². The quantitative estimate of drug-likeness (QED) is 0.611. The predicted molar refractivity (Wildman–Crippen MR) is 93.0 cm³/mol. The number of halogens is 2. The van der Waals surface area contributed by atoms with Gasteiger partial charge >= 0.3 is 6.61 Å². The maximum atomic E-state index is 12.6. The summed E-state index contributed by atoms with van der Waals surface area (Å²) in [5, 5.41) is 14.4. The van der Waals surface area contributed by atoms with Crippen LogP contribution in [0.25, 0.3) is 10.9 Å². The molecule has 2 aromatic rings. The molecule has 2 aliphatic rings. The molecule has 3 atom stereocenters. The minimum Gasteiger partial charge on any atom is -0.483 e. The molecular formula is C18H21F2N3O4.